The van der Waals surface area contributed by atoms with Gasteiger partial charge in [-0.25, -0.2) is 4.79 Å². The van der Waals surface area contributed by atoms with Crippen LogP contribution in [0.4, 0.5) is 4.79 Å². The molecule has 0 aromatic rings. The predicted molar refractivity (Wildman–Crippen MR) is 72.9 cm³/mol. The monoisotopic (exact) mass is 274 g/mol. The van der Waals surface area contributed by atoms with E-state index in [1.54, 1.807) is 0 Å². The topological polar surface area (TPSA) is 78.4 Å². The number of carbonyl (C=O) groups excluding carboxylic acids is 1. The van der Waals surface area contributed by atoms with E-state index in [9.17, 15) is 9.59 Å². The van der Waals surface area contributed by atoms with E-state index < -0.39 is 5.97 Å². The minimum Gasteiger partial charge on any atom is -0.481 e. The van der Waals surface area contributed by atoms with Crippen LogP contribution in [0.3, 0.4) is 0 Å². The summed E-state index contributed by atoms with van der Waals surface area (Å²) in [6, 6.07) is -0.189. The molecule has 0 saturated carbocycles. The minimum atomic E-state index is -0.814. The zero-order valence-electron chi connectivity index (χ0n) is 10.8. The summed E-state index contributed by atoms with van der Waals surface area (Å²) >= 11 is 1.90. The number of amides is 2. The summed E-state index contributed by atoms with van der Waals surface area (Å²) in [6.45, 7) is 3.06. The Morgan fingerprint density at radius 3 is 2.78 bits per heavy atom. The van der Waals surface area contributed by atoms with E-state index in [1.165, 1.54) is 18.6 Å². The van der Waals surface area contributed by atoms with Gasteiger partial charge < -0.3 is 15.7 Å². The van der Waals surface area contributed by atoms with Gasteiger partial charge in [0.25, 0.3) is 0 Å². The van der Waals surface area contributed by atoms with Gasteiger partial charge >= 0.3 is 12.0 Å². The Balaban J connectivity index is 2.12. The van der Waals surface area contributed by atoms with E-state index in [0.717, 1.165) is 6.42 Å². The zero-order valence-corrected chi connectivity index (χ0v) is 11.6. The van der Waals surface area contributed by atoms with Crippen LogP contribution in [0.5, 0.6) is 0 Å². The fourth-order valence-electron chi connectivity index (χ4n) is 1.92. The van der Waals surface area contributed by atoms with Crippen LogP contribution in [0.25, 0.3) is 0 Å². The Labute approximate surface area is 112 Å². The third-order valence-corrected chi connectivity index (χ3v) is 4.50. The van der Waals surface area contributed by atoms with Crippen LogP contribution in [-0.2, 0) is 4.79 Å². The Bertz CT molecular complexity index is 280. The third kappa shape index (κ3) is 6.14. The van der Waals surface area contributed by atoms with Gasteiger partial charge in [-0.2, -0.15) is 11.8 Å². The van der Waals surface area contributed by atoms with Crippen molar-refractivity contribution in [2.24, 2.45) is 5.92 Å². The molecule has 1 aliphatic heterocycles. The first kappa shape index (κ1) is 15.1. The van der Waals surface area contributed by atoms with Gasteiger partial charge in [0.15, 0.2) is 0 Å². The van der Waals surface area contributed by atoms with Crippen molar-refractivity contribution in [1.82, 2.24) is 10.6 Å². The van der Waals surface area contributed by atoms with Crippen LogP contribution < -0.4 is 10.6 Å². The maximum atomic E-state index is 11.5. The van der Waals surface area contributed by atoms with Crippen molar-refractivity contribution < 1.29 is 14.7 Å². The Kier molecular flexibility index (Phi) is 6.93. The van der Waals surface area contributed by atoms with Crippen molar-refractivity contribution in [1.29, 1.82) is 0 Å². The fraction of sp³-hybridized carbons (Fsp3) is 0.833. The van der Waals surface area contributed by atoms with Crippen molar-refractivity contribution in [3.63, 3.8) is 0 Å². The van der Waals surface area contributed by atoms with Crippen molar-refractivity contribution in [2.75, 3.05) is 18.8 Å². The highest BCUT2D eigenvalue weighted by molar-refractivity contribution is 8.00. The van der Waals surface area contributed by atoms with Gasteiger partial charge in [-0.3, -0.25) is 4.79 Å². The van der Waals surface area contributed by atoms with Crippen LogP contribution in [0.2, 0.25) is 0 Å². The zero-order chi connectivity index (χ0) is 13.4. The van der Waals surface area contributed by atoms with Gasteiger partial charge in [-0.05, 0) is 24.5 Å². The number of nitrogens with one attached hydrogen (secondary N) is 2. The average Bonchev–Trinajstić information content (AvgIpc) is 2.84. The molecule has 2 unspecified atom stereocenters. The first-order chi connectivity index (χ1) is 8.61. The average molecular weight is 274 g/mol. The number of thioether (sulfide) groups is 1. The molecule has 18 heavy (non-hydrogen) atoms. The molecule has 1 heterocycles. The molecule has 5 nitrogen and oxygen atoms in total. The SMILES string of the molecule is CCC(CNC(=O)NCC1CCCS1)CC(=O)O. The van der Waals surface area contributed by atoms with E-state index in [2.05, 4.69) is 10.6 Å². The molecule has 1 aliphatic rings. The quantitative estimate of drug-likeness (QED) is 0.660. The normalized spacial score (nSPS) is 20.4. The molecule has 0 bridgehead atoms. The van der Waals surface area contributed by atoms with Crippen LogP contribution in [-0.4, -0.2) is 41.2 Å². The molecule has 0 radical (unpaired) electrons. The van der Waals surface area contributed by atoms with Crippen LogP contribution in [0, 0.1) is 5.92 Å². The maximum Gasteiger partial charge on any atom is 0.314 e. The number of carboxylic acid groups (broad SMARTS) is 1. The van der Waals surface area contributed by atoms with E-state index in [0.29, 0.717) is 18.3 Å². The fourth-order valence-corrected chi connectivity index (χ4v) is 3.12. The molecule has 6 heteroatoms. The second kappa shape index (κ2) is 8.24. The summed E-state index contributed by atoms with van der Waals surface area (Å²) < 4.78 is 0. The highest BCUT2D eigenvalue weighted by Gasteiger charge is 2.17. The second-order valence-corrected chi connectivity index (χ2v) is 6.01. The van der Waals surface area contributed by atoms with Gasteiger partial charge in [0, 0.05) is 24.8 Å². The van der Waals surface area contributed by atoms with Crippen molar-refractivity contribution in [3.05, 3.63) is 0 Å². The number of aliphatic carboxylic acids is 1. The van der Waals surface area contributed by atoms with Crippen molar-refractivity contribution in [2.45, 2.75) is 37.9 Å². The molecular weight excluding hydrogens is 252 g/mol. The summed E-state index contributed by atoms with van der Waals surface area (Å²) in [5.41, 5.74) is 0. The van der Waals surface area contributed by atoms with Gasteiger partial charge in [-0.1, -0.05) is 13.3 Å². The molecule has 2 atom stereocenters. The lowest BCUT2D eigenvalue weighted by Gasteiger charge is -2.15. The molecule has 2 amide bonds. The molecule has 3 N–H and O–H groups in total. The number of rotatable bonds is 7. The summed E-state index contributed by atoms with van der Waals surface area (Å²) in [5.74, 6) is 0.380. The summed E-state index contributed by atoms with van der Waals surface area (Å²) in [6.07, 6.45) is 3.26. The molecule has 1 fully saturated rings. The van der Waals surface area contributed by atoms with Crippen molar-refractivity contribution in [3.8, 4) is 0 Å². The smallest absolute Gasteiger partial charge is 0.314 e. The second-order valence-electron chi connectivity index (χ2n) is 4.60. The van der Waals surface area contributed by atoms with Crippen LogP contribution in [0.15, 0.2) is 0 Å². The van der Waals surface area contributed by atoms with E-state index >= 15 is 0 Å². The lowest BCUT2D eigenvalue weighted by molar-refractivity contribution is -0.138. The summed E-state index contributed by atoms with van der Waals surface area (Å²) in [4.78, 5) is 22.1. The number of carboxylic acids is 1. The van der Waals surface area contributed by atoms with Crippen molar-refractivity contribution >= 4 is 23.8 Å². The highest BCUT2D eigenvalue weighted by atomic mass is 32.2. The van der Waals surface area contributed by atoms with Crippen LogP contribution >= 0.6 is 11.8 Å². The Hall–Kier alpha value is -0.910. The third-order valence-electron chi connectivity index (χ3n) is 3.11. The molecule has 0 aliphatic carbocycles. The summed E-state index contributed by atoms with van der Waals surface area (Å²) in [5, 5.41) is 14.8. The lowest BCUT2D eigenvalue weighted by Crippen LogP contribution is -2.40. The van der Waals surface area contributed by atoms with Gasteiger partial charge in [-0.15, -0.1) is 0 Å². The Morgan fingerprint density at radius 1 is 1.44 bits per heavy atom. The molecule has 0 aromatic heterocycles. The van der Waals surface area contributed by atoms with Gasteiger partial charge in [0.2, 0.25) is 0 Å². The molecule has 0 aromatic carbocycles. The molecular formula is C12H22N2O3S. The maximum absolute atomic E-state index is 11.5. The minimum absolute atomic E-state index is 0.00843. The van der Waals surface area contributed by atoms with Gasteiger partial charge in [0.05, 0.1) is 0 Å². The number of urea groups is 1. The van der Waals surface area contributed by atoms with Gasteiger partial charge in [0.1, 0.15) is 0 Å². The molecule has 1 rings (SSSR count). The predicted octanol–water partition coefficient (Wildman–Crippen LogP) is 1.68. The first-order valence-electron chi connectivity index (χ1n) is 6.47. The van der Waals surface area contributed by atoms with Crippen LogP contribution in [0.1, 0.15) is 32.6 Å². The van der Waals surface area contributed by atoms with E-state index in [-0.39, 0.29) is 18.4 Å². The highest BCUT2D eigenvalue weighted by Crippen LogP contribution is 2.25. The molecule has 0 spiro atoms. The first-order valence-corrected chi connectivity index (χ1v) is 7.51. The Morgan fingerprint density at radius 2 is 2.22 bits per heavy atom. The molecule has 1 saturated heterocycles. The number of hydrogen-bond acceptors (Lipinski definition) is 3. The largest absolute Gasteiger partial charge is 0.481 e. The van der Waals surface area contributed by atoms with E-state index in [1.807, 2.05) is 18.7 Å². The van der Waals surface area contributed by atoms with E-state index in [4.69, 9.17) is 5.11 Å². The lowest BCUT2D eigenvalue weighted by atomic mass is 10.0. The molecule has 104 valence electrons. The summed E-state index contributed by atoms with van der Waals surface area (Å²) in [7, 11) is 0. The number of hydrogen-bond donors (Lipinski definition) is 3. The standard InChI is InChI=1S/C12H22N2O3S/c1-2-9(6-11(15)16)7-13-12(17)14-8-10-4-3-5-18-10/h9-10H,2-8H2,1H3,(H,15,16)(H2,13,14,17). The number of carbonyl (C=O) groups is 2.